The molecule has 2 rings (SSSR count). The molecule has 4 heteroatoms. The Balaban J connectivity index is 1.87. The zero-order valence-electron chi connectivity index (χ0n) is 9.27. The van der Waals surface area contributed by atoms with Crippen LogP contribution in [0, 0.1) is 5.92 Å². The summed E-state index contributed by atoms with van der Waals surface area (Å²) >= 11 is 3.39. The summed E-state index contributed by atoms with van der Waals surface area (Å²) in [6, 6.07) is 4.13. The molecule has 16 heavy (non-hydrogen) atoms. The van der Waals surface area contributed by atoms with Crippen molar-refractivity contribution >= 4 is 15.9 Å². The van der Waals surface area contributed by atoms with Crippen LogP contribution in [0.4, 0.5) is 0 Å². The number of piperidine rings is 1. The van der Waals surface area contributed by atoms with Gasteiger partial charge in [-0.3, -0.25) is 4.90 Å². The number of hydrogen-bond donors (Lipinski definition) is 1. The summed E-state index contributed by atoms with van der Waals surface area (Å²) in [6.07, 6.45) is 4.06. The zero-order chi connectivity index (χ0) is 11.4. The number of pyridine rings is 1. The SMILES string of the molecule is OCC1CCN(Cc2ccnc(Br)c2)CC1. The highest BCUT2D eigenvalue weighted by Gasteiger charge is 2.18. The molecular formula is C12H17BrN2O. The van der Waals surface area contributed by atoms with Gasteiger partial charge in [-0.05, 0) is 65.5 Å². The second kappa shape index (κ2) is 5.75. The molecule has 0 unspecified atom stereocenters. The minimum absolute atomic E-state index is 0.342. The lowest BCUT2D eigenvalue weighted by molar-refractivity contribution is 0.127. The molecule has 3 nitrogen and oxygen atoms in total. The van der Waals surface area contributed by atoms with Crippen molar-refractivity contribution in [2.45, 2.75) is 19.4 Å². The van der Waals surface area contributed by atoms with E-state index < -0.39 is 0 Å². The van der Waals surface area contributed by atoms with Gasteiger partial charge in [-0.1, -0.05) is 0 Å². The Bertz CT molecular complexity index is 338. The Labute approximate surface area is 105 Å². The lowest BCUT2D eigenvalue weighted by atomic mass is 9.97. The van der Waals surface area contributed by atoms with Gasteiger partial charge in [0.05, 0.1) is 0 Å². The number of aliphatic hydroxyl groups excluding tert-OH is 1. The fourth-order valence-electron chi connectivity index (χ4n) is 2.13. The summed E-state index contributed by atoms with van der Waals surface area (Å²) in [4.78, 5) is 6.56. The highest BCUT2D eigenvalue weighted by atomic mass is 79.9. The smallest absolute Gasteiger partial charge is 0.106 e. The fourth-order valence-corrected chi connectivity index (χ4v) is 2.54. The first-order valence-electron chi connectivity index (χ1n) is 5.71. The Kier molecular flexibility index (Phi) is 4.32. The highest BCUT2D eigenvalue weighted by Crippen LogP contribution is 2.19. The monoisotopic (exact) mass is 284 g/mol. The number of aromatic nitrogens is 1. The van der Waals surface area contributed by atoms with E-state index in [1.807, 2.05) is 6.20 Å². The van der Waals surface area contributed by atoms with Crippen LogP contribution < -0.4 is 0 Å². The maximum Gasteiger partial charge on any atom is 0.106 e. The minimum atomic E-state index is 0.342. The molecule has 0 spiro atoms. The van der Waals surface area contributed by atoms with Gasteiger partial charge in [-0.25, -0.2) is 4.98 Å². The maximum absolute atomic E-state index is 9.07. The Morgan fingerprint density at radius 1 is 1.44 bits per heavy atom. The van der Waals surface area contributed by atoms with Crippen molar-refractivity contribution in [1.29, 1.82) is 0 Å². The summed E-state index contributed by atoms with van der Waals surface area (Å²) in [5, 5.41) is 9.07. The quantitative estimate of drug-likeness (QED) is 0.863. The third-order valence-corrected chi connectivity index (χ3v) is 3.60. The van der Waals surface area contributed by atoms with Crippen LogP contribution in [0.15, 0.2) is 22.9 Å². The minimum Gasteiger partial charge on any atom is -0.396 e. The number of rotatable bonds is 3. The van der Waals surface area contributed by atoms with Gasteiger partial charge in [-0.2, -0.15) is 0 Å². The largest absolute Gasteiger partial charge is 0.396 e. The second-order valence-corrected chi connectivity index (χ2v) is 5.20. The van der Waals surface area contributed by atoms with Gasteiger partial charge < -0.3 is 5.11 Å². The molecule has 1 aliphatic rings. The molecule has 1 N–H and O–H groups in total. The van der Waals surface area contributed by atoms with Crippen molar-refractivity contribution in [1.82, 2.24) is 9.88 Å². The Morgan fingerprint density at radius 3 is 2.81 bits per heavy atom. The molecule has 0 saturated carbocycles. The zero-order valence-corrected chi connectivity index (χ0v) is 10.9. The average molecular weight is 285 g/mol. The van der Waals surface area contributed by atoms with E-state index >= 15 is 0 Å². The molecule has 0 aromatic carbocycles. The van der Waals surface area contributed by atoms with Crippen molar-refractivity contribution in [3.05, 3.63) is 28.5 Å². The van der Waals surface area contributed by atoms with E-state index in [4.69, 9.17) is 5.11 Å². The van der Waals surface area contributed by atoms with Crippen LogP contribution in [0.3, 0.4) is 0 Å². The van der Waals surface area contributed by atoms with Gasteiger partial charge in [0.15, 0.2) is 0 Å². The van der Waals surface area contributed by atoms with Crippen LogP contribution in [0.2, 0.25) is 0 Å². The number of nitrogens with zero attached hydrogens (tertiary/aromatic N) is 2. The molecule has 1 aliphatic heterocycles. The summed E-state index contributed by atoms with van der Waals surface area (Å²) < 4.78 is 0.898. The maximum atomic E-state index is 9.07. The van der Waals surface area contributed by atoms with Gasteiger partial charge >= 0.3 is 0 Å². The number of likely N-dealkylation sites (tertiary alicyclic amines) is 1. The third kappa shape index (κ3) is 3.27. The summed E-state index contributed by atoms with van der Waals surface area (Å²) in [7, 11) is 0. The van der Waals surface area contributed by atoms with E-state index in [0.29, 0.717) is 12.5 Å². The molecular weight excluding hydrogens is 268 g/mol. The predicted molar refractivity (Wildman–Crippen MR) is 67.0 cm³/mol. The fraction of sp³-hybridized carbons (Fsp3) is 0.583. The van der Waals surface area contributed by atoms with Crippen LogP contribution in [0.25, 0.3) is 0 Å². The predicted octanol–water partition coefficient (Wildman–Crippen LogP) is 2.05. The molecule has 2 heterocycles. The molecule has 0 radical (unpaired) electrons. The normalized spacial score (nSPS) is 18.9. The van der Waals surface area contributed by atoms with Gasteiger partial charge in [0.1, 0.15) is 4.60 Å². The van der Waals surface area contributed by atoms with E-state index in [1.54, 1.807) is 0 Å². The van der Waals surface area contributed by atoms with E-state index in [9.17, 15) is 0 Å². The van der Waals surface area contributed by atoms with Crippen molar-refractivity contribution in [3.8, 4) is 0 Å². The van der Waals surface area contributed by atoms with Crippen molar-refractivity contribution < 1.29 is 5.11 Å². The van der Waals surface area contributed by atoms with Crippen molar-refractivity contribution in [3.63, 3.8) is 0 Å². The first-order chi connectivity index (χ1) is 7.78. The molecule has 0 aliphatic carbocycles. The summed E-state index contributed by atoms with van der Waals surface area (Å²) in [5.41, 5.74) is 1.30. The number of hydrogen-bond acceptors (Lipinski definition) is 3. The first kappa shape index (κ1) is 12.0. The molecule has 1 saturated heterocycles. The molecule has 0 atom stereocenters. The molecule has 1 aromatic heterocycles. The molecule has 1 fully saturated rings. The molecule has 88 valence electrons. The van der Waals surface area contributed by atoms with E-state index in [1.165, 1.54) is 5.56 Å². The van der Waals surface area contributed by atoms with Gasteiger partial charge in [0.2, 0.25) is 0 Å². The molecule has 0 bridgehead atoms. The molecule has 0 amide bonds. The van der Waals surface area contributed by atoms with Crippen LogP contribution in [-0.2, 0) is 6.54 Å². The lowest BCUT2D eigenvalue weighted by Crippen LogP contribution is -2.34. The highest BCUT2D eigenvalue weighted by molar-refractivity contribution is 9.10. The third-order valence-electron chi connectivity index (χ3n) is 3.16. The topological polar surface area (TPSA) is 36.4 Å². The standard InChI is InChI=1S/C12H17BrN2O/c13-12-7-11(1-4-14-12)8-15-5-2-10(9-16)3-6-15/h1,4,7,10,16H,2-3,5-6,8-9H2. The first-order valence-corrected chi connectivity index (χ1v) is 6.51. The van der Waals surface area contributed by atoms with Crippen LogP contribution in [0.1, 0.15) is 18.4 Å². The Morgan fingerprint density at radius 2 is 2.19 bits per heavy atom. The van der Waals surface area contributed by atoms with E-state index in [-0.39, 0.29) is 0 Å². The number of halogens is 1. The van der Waals surface area contributed by atoms with Crippen molar-refractivity contribution in [2.24, 2.45) is 5.92 Å². The average Bonchev–Trinajstić information content (AvgIpc) is 2.30. The van der Waals surface area contributed by atoms with Crippen molar-refractivity contribution in [2.75, 3.05) is 19.7 Å². The van der Waals surface area contributed by atoms with Gasteiger partial charge in [0.25, 0.3) is 0 Å². The van der Waals surface area contributed by atoms with Gasteiger partial charge in [0, 0.05) is 19.3 Å². The van der Waals surface area contributed by atoms with Gasteiger partial charge in [-0.15, -0.1) is 0 Å². The molecule has 1 aromatic rings. The number of aliphatic hydroxyl groups is 1. The summed E-state index contributed by atoms with van der Waals surface area (Å²) in [6.45, 7) is 3.50. The van der Waals surface area contributed by atoms with Crippen LogP contribution >= 0.6 is 15.9 Å². The van der Waals surface area contributed by atoms with Crippen LogP contribution in [0.5, 0.6) is 0 Å². The lowest BCUT2D eigenvalue weighted by Gasteiger charge is -2.31. The Hall–Kier alpha value is -0.450. The summed E-state index contributed by atoms with van der Waals surface area (Å²) in [5.74, 6) is 0.514. The van der Waals surface area contributed by atoms with Crippen LogP contribution in [-0.4, -0.2) is 34.7 Å². The second-order valence-electron chi connectivity index (χ2n) is 4.39. The van der Waals surface area contributed by atoms with E-state index in [2.05, 4.69) is 37.9 Å². The van der Waals surface area contributed by atoms with E-state index in [0.717, 1.165) is 37.1 Å².